The largest absolute Gasteiger partial charge is 0.472 e. The molecule has 2 unspecified atom stereocenters. The third-order valence-corrected chi connectivity index (χ3v) is 15.6. The molecule has 10 heteroatoms. The van der Waals surface area contributed by atoms with Gasteiger partial charge in [0.2, 0.25) is 0 Å². The van der Waals surface area contributed by atoms with Gasteiger partial charge in [-0.25, -0.2) is 4.57 Å². The lowest BCUT2D eigenvalue weighted by atomic mass is 10.0. The summed E-state index contributed by atoms with van der Waals surface area (Å²) in [4.78, 5) is 35.9. The van der Waals surface area contributed by atoms with Crippen LogP contribution in [0.3, 0.4) is 0 Å². The van der Waals surface area contributed by atoms with Crippen molar-refractivity contribution in [2.45, 2.75) is 264 Å². The number of esters is 2. The second-order valence-corrected chi connectivity index (χ2v) is 26.0. The number of quaternary nitrogens is 1. The van der Waals surface area contributed by atoms with Crippen molar-refractivity contribution in [2.75, 3.05) is 47.5 Å². The number of rotatable bonds is 64. The molecule has 0 rings (SSSR count). The fraction of sp³-hybridized carbons (Fsp3) is 0.585. The fourth-order valence-electron chi connectivity index (χ4n) is 9.16. The summed E-state index contributed by atoms with van der Waals surface area (Å²) in [6.07, 6.45) is 110. The van der Waals surface area contributed by atoms with E-state index in [0.717, 1.165) is 161 Å². The molecule has 0 saturated heterocycles. The highest BCUT2D eigenvalue weighted by Crippen LogP contribution is 2.43. The summed E-state index contributed by atoms with van der Waals surface area (Å²) >= 11 is 0. The standard InChI is InChI=1S/C82H132NO8P/c1-6-8-10-12-14-16-18-20-22-24-26-28-30-32-34-36-38-40-41-43-45-47-49-51-53-55-57-59-61-63-65-67-69-71-73-75-82(85)91-80(79-90-92(86,87)89-77-76-83(3,4)5)78-88-81(84)74-72-70-68-66-64-62-60-58-56-54-52-50-48-46-44-42-39-37-35-33-31-29-27-25-23-21-19-17-15-13-11-9-7-2/h8-11,14-17,20-23,26-29,32-35,38-40,42-43,45-46,48-49,51,55,57,80H,6-7,12-13,18-19,24-25,30-31,36-37,41,44,47,50,52-54,56,58-79H2,1-5H3/p+1/b10-8-,11-9-,16-14-,17-15-,22-20-,23-21-,28-26-,29-27-,34-32-,35-33-,40-38-,42-39-,45-43-,48-46-,51-49-,57-55-. The molecule has 9 nitrogen and oxygen atoms in total. The molecule has 0 amide bonds. The van der Waals surface area contributed by atoms with E-state index in [0.29, 0.717) is 17.4 Å². The van der Waals surface area contributed by atoms with Gasteiger partial charge in [0.15, 0.2) is 6.10 Å². The number of hydrogen-bond acceptors (Lipinski definition) is 7. The molecular weight excluding hydrogens is 1160 g/mol. The molecule has 0 aromatic rings. The molecule has 0 saturated carbocycles. The number of phosphoric ester groups is 1. The number of nitrogens with zero attached hydrogens (tertiary/aromatic N) is 1. The van der Waals surface area contributed by atoms with Crippen LogP contribution in [-0.4, -0.2) is 74.9 Å². The zero-order chi connectivity index (χ0) is 66.9. The Morgan fingerprint density at radius 2 is 0.587 bits per heavy atom. The Bertz CT molecular complexity index is 2260. The lowest BCUT2D eigenvalue weighted by Gasteiger charge is -2.24. The molecule has 0 bridgehead atoms. The van der Waals surface area contributed by atoms with E-state index >= 15 is 0 Å². The number of ether oxygens (including phenoxy) is 2. The van der Waals surface area contributed by atoms with Crippen molar-refractivity contribution in [1.82, 2.24) is 0 Å². The van der Waals surface area contributed by atoms with E-state index in [4.69, 9.17) is 18.5 Å². The zero-order valence-electron chi connectivity index (χ0n) is 59.0. The van der Waals surface area contributed by atoms with Crippen LogP contribution < -0.4 is 0 Å². The predicted octanol–water partition coefficient (Wildman–Crippen LogP) is 24.0. The van der Waals surface area contributed by atoms with Crippen molar-refractivity contribution in [1.29, 1.82) is 0 Å². The minimum Gasteiger partial charge on any atom is -0.462 e. The number of phosphoric acid groups is 1. The predicted molar refractivity (Wildman–Crippen MR) is 399 cm³/mol. The first-order valence-corrected chi connectivity index (χ1v) is 37.7. The van der Waals surface area contributed by atoms with Crippen molar-refractivity contribution >= 4 is 19.8 Å². The fourth-order valence-corrected chi connectivity index (χ4v) is 9.91. The number of carbonyl (C=O) groups excluding carboxylic acids is 2. The number of allylic oxidation sites excluding steroid dienone is 32. The summed E-state index contributed by atoms with van der Waals surface area (Å²) in [6, 6.07) is 0. The van der Waals surface area contributed by atoms with E-state index in [9.17, 15) is 19.0 Å². The van der Waals surface area contributed by atoms with Gasteiger partial charge in [-0.1, -0.05) is 298 Å². The topological polar surface area (TPSA) is 108 Å². The quantitative estimate of drug-likeness (QED) is 0.0211. The Labute approximate surface area is 564 Å². The maximum absolute atomic E-state index is 12.9. The molecule has 0 aliphatic heterocycles. The van der Waals surface area contributed by atoms with Gasteiger partial charge in [-0.15, -0.1) is 0 Å². The van der Waals surface area contributed by atoms with Crippen LogP contribution in [0.4, 0.5) is 0 Å². The minimum atomic E-state index is -4.41. The lowest BCUT2D eigenvalue weighted by Crippen LogP contribution is -2.37. The smallest absolute Gasteiger partial charge is 0.462 e. The normalized spacial score (nSPS) is 14.3. The number of likely N-dealkylation sites (N-methyl/N-ethyl adjacent to an activating group) is 1. The molecule has 0 radical (unpaired) electrons. The van der Waals surface area contributed by atoms with Gasteiger partial charge in [-0.05, 0) is 141 Å². The minimum absolute atomic E-state index is 0.0185. The van der Waals surface area contributed by atoms with Crippen LogP contribution in [0.15, 0.2) is 194 Å². The summed E-state index contributed by atoms with van der Waals surface area (Å²) in [5, 5.41) is 0. The SMILES string of the molecule is CC/C=C\C/C=C\C/C=C\C/C=C\C/C=C\C/C=C\C/C=C\C/C=C\C/C=C\CCCCCCCCCC(=O)OC(COC(=O)CCCCCCCCCCCCC/C=C\C/C=C\C/C=C\C/C=C\C/C=C\C/C=C\C/C=C\CC)COP(=O)(O)OCC[N+](C)(C)C. The molecule has 0 aromatic carbocycles. The van der Waals surface area contributed by atoms with Gasteiger partial charge >= 0.3 is 19.8 Å². The highest BCUT2D eigenvalue weighted by molar-refractivity contribution is 7.47. The maximum atomic E-state index is 12.9. The molecule has 2 atom stereocenters. The van der Waals surface area contributed by atoms with Gasteiger partial charge in [-0.3, -0.25) is 18.6 Å². The van der Waals surface area contributed by atoms with Crippen molar-refractivity contribution in [3.63, 3.8) is 0 Å². The number of unbranched alkanes of at least 4 members (excludes halogenated alkanes) is 18. The second-order valence-electron chi connectivity index (χ2n) is 24.5. The van der Waals surface area contributed by atoms with Crippen LogP contribution in [-0.2, 0) is 32.7 Å². The van der Waals surface area contributed by atoms with Crippen LogP contribution in [0.2, 0.25) is 0 Å². The monoisotopic (exact) mass is 1290 g/mol. The Kier molecular flexibility index (Phi) is 66.2. The van der Waals surface area contributed by atoms with Crippen LogP contribution >= 0.6 is 7.82 Å². The highest BCUT2D eigenvalue weighted by atomic mass is 31.2. The Balaban J connectivity index is 4.16. The van der Waals surface area contributed by atoms with Gasteiger partial charge in [0, 0.05) is 12.8 Å². The molecule has 0 aliphatic rings. The first-order chi connectivity index (χ1) is 45.0. The van der Waals surface area contributed by atoms with Crippen LogP contribution in [0.1, 0.15) is 258 Å². The third kappa shape index (κ3) is 73.9. The zero-order valence-corrected chi connectivity index (χ0v) is 59.8. The molecule has 0 aromatic heterocycles. The average molecular weight is 1290 g/mol. The van der Waals surface area contributed by atoms with Gasteiger partial charge in [-0.2, -0.15) is 0 Å². The summed E-state index contributed by atoms with van der Waals surface area (Å²) in [5.74, 6) is -0.825. The Morgan fingerprint density at radius 3 is 0.870 bits per heavy atom. The molecule has 92 heavy (non-hydrogen) atoms. The highest BCUT2D eigenvalue weighted by Gasteiger charge is 2.27. The molecule has 1 N–H and O–H groups in total. The van der Waals surface area contributed by atoms with E-state index in [1.807, 2.05) is 21.1 Å². The van der Waals surface area contributed by atoms with Gasteiger partial charge < -0.3 is 18.9 Å². The van der Waals surface area contributed by atoms with Gasteiger partial charge in [0.25, 0.3) is 0 Å². The van der Waals surface area contributed by atoms with E-state index in [1.165, 1.54) is 64.2 Å². The lowest BCUT2D eigenvalue weighted by molar-refractivity contribution is -0.870. The first kappa shape index (κ1) is 86.9. The number of carbonyl (C=O) groups is 2. The van der Waals surface area contributed by atoms with Crippen molar-refractivity contribution in [2.24, 2.45) is 0 Å². The van der Waals surface area contributed by atoms with Crippen LogP contribution in [0.25, 0.3) is 0 Å². The van der Waals surface area contributed by atoms with Gasteiger partial charge in [0.05, 0.1) is 27.7 Å². The van der Waals surface area contributed by atoms with E-state index in [-0.39, 0.29) is 32.0 Å². The van der Waals surface area contributed by atoms with Crippen molar-refractivity contribution < 1.29 is 42.1 Å². The van der Waals surface area contributed by atoms with Crippen LogP contribution in [0.5, 0.6) is 0 Å². The Morgan fingerprint density at radius 1 is 0.337 bits per heavy atom. The summed E-state index contributed by atoms with van der Waals surface area (Å²) in [5.41, 5.74) is 0. The maximum Gasteiger partial charge on any atom is 0.472 e. The summed E-state index contributed by atoms with van der Waals surface area (Å²) in [7, 11) is 1.44. The summed E-state index contributed by atoms with van der Waals surface area (Å²) in [6.45, 7) is 4.17. The van der Waals surface area contributed by atoms with Crippen LogP contribution in [0, 0.1) is 0 Å². The Hall–Kier alpha value is -5.15. The summed E-state index contributed by atoms with van der Waals surface area (Å²) < 4.78 is 34.7. The van der Waals surface area contributed by atoms with E-state index < -0.39 is 26.5 Å². The number of hydrogen-bond donors (Lipinski definition) is 1. The molecule has 0 spiro atoms. The van der Waals surface area contributed by atoms with E-state index in [1.54, 1.807) is 0 Å². The second kappa shape index (κ2) is 70.2. The van der Waals surface area contributed by atoms with Crippen molar-refractivity contribution in [3.05, 3.63) is 194 Å². The molecule has 0 fully saturated rings. The first-order valence-electron chi connectivity index (χ1n) is 36.2. The average Bonchev–Trinajstić information content (AvgIpc) is 2.14. The van der Waals surface area contributed by atoms with Crippen molar-refractivity contribution in [3.8, 4) is 0 Å². The molecule has 0 aliphatic carbocycles. The third-order valence-electron chi connectivity index (χ3n) is 14.6. The van der Waals surface area contributed by atoms with E-state index in [2.05, 4.69) is 208 Å². The van der Waals surface area contributed by atoms with Gasteiger partial charge in [0.1, 0.15) is 19.8 Å². The molecule has 518 valence electrons. The molecular formula is C82H133NO8P+. The molecule has 0 heterocycles.